The number of benzene rings is 1. The van der Waals surface area contributed by atoms with Crippen molar-refractivity contribution < 1.29 is 19.4 Å². The number of hydrogen-bond donors (Lipinski definition) is 1. The van der Waals surface area contributed by atoms with E-state index < -0.39 is 11.9 Å². The summed E-state index contributed by atoms with van der Waals surface area (Å²) in [6.07, 6.45) is 30.1. The lowest BCUT2D eigenvalue weighted by molar-refractivity contribution is 0.0244. The van der Waals surface area contributed by atoms with Crippen LogP contribution in [0.15, 0.2) is 24.3 Å². The first-order valence-electron chi connectivity index (χ1n) is 16.6. The largest absolute Gasteiger partial charge is 0.478 e. The van der Waals surface area contributed by atoms with E-state index in [9.17, 15) is 14.7 Å². The average molecular weight is 545 g/mol. The minimum absolute atomic E-state index is 0.0191. The maximum absolute atomic E-state index is 12.9. The second-order valence-electron chi connectivity index (χ2n) is 11.5. The van der Waals surface area contributed by atoms with Crippen LogP contribution < -0.4 is 0 Å². The highest BCUT2D eigenvalue weighted by Crippen LogP contribution is 2.20. The number of aromatic carboxylic acids is 1. The highest BCUT2D eigenvalue weighted by molar-refractivity contribution is 6.02. The van der Waals surface area contributed by atoms with Gasteiger partial charge in [0.2, 0.25) is 0 Å². The molecule has 1 aromatic rings. The molecule has 0 aliphatic rings. The molecule has 1 rings (SSSR count). The molecule has 0 amide bonds. The number of carboxylic acids is 1. The van der Waals surface area contributed by atoms with Gasteiger partial charge in [0.1, 0.15) is 6.10 Å². The molecule has 224 valence electrons. The average Bonchev–Trinajstić information content (AvgIpc) is 2.94. The fraction of sp³-hybridized carbons (Fsp3) is 0.771. The fourth-order valence-electron chi connectivity index (χ4n) is 5.40. The first kappa shape index (κ1) is 35.2. The molecule has 39 heavy (non-hydrogen) atoms. The van der Waals surface area contributed by atoms with Gasteiger partial charge >= 0.3 is 11.9 Å². The van der Waals surface area contributed by atoms with Crippen molar-refractivity contribution in [3.05, 3.63) is 35.4 Å². The number of rotatable bonds is 27. The van der Waals surface area contributed by atoms with Crippen molar-refractivity contribution in [2.45, 2.75) is 174 Å². The smallest absolute Gasteiger partial charge is 0.339 e. The van der Waals surface area contributed by atoms with Gasteiger partial charge in [-0.1, -0.05) is 154 Å². The second-order valence-corrected chi connectivity index (χ2v) is 11.5. The topological polar surface area (TPSA) is 63.6 Å². The standard InChI is InChI=1S/C35H60O4/c1-3-5-7-9-11-13-15-17-19-21-23-27-31(28-24-22-20-18-16-14-12-10-8-6-4-2)39-35(38)33-30-26-25-29-32(33)34(36)37/h25-26,29-31H,3-24,27-28H2,1-2H3,(H,36,37). The Morgan fingerprint density at radius 3 is 1.26 bits per heavy atom. The molecule has 0 radical (unpaired) electrons. The highest BCUT2D eigenvalue weighted by atomic mass is 16.5. The third-order valence-electron chi connectivity index (χ3n) is 7.91. The van der Waals surface area contributed by atoms with Gasteiger partial charge in [0, 0.05) is 0 Å². The van der Waals surface area contributed by atoms with E-state index in [1.165, 1.54) is 134 Å². The Morgan fingerprint density at radius 2 is 0.897 bits per heavy atom. The van der Waals surface area contributed by atoms with Crippen LogP contribution >= 0.6 is 0 Å². The van der Waals surface area contributed by atoms with E-state index in [-0.39, 0.29) is 17.2 Å². The summed E-state index contributed by atoms with van der Waals surface area (Å²) in [6.45, 7) is 4.52. The van der Waals surface area contributed by atoms with Crippen molar-refractivity contribution in [2.24, 2.45) is 0 Å². The summed E-state index contributed by atoms with van der Waals surface area (Å²) < 4.78 is 5.91. The fourth-order valence-corrected chi connectivity index (χ4v) is 5.40. The van der Waals surface area contributed by atoms with Crippen LogP contribution in [0.3, 0.4) is 0 Å². The lowest BCUT2D eigenvalue weighted by Crippen LogP contribution is -2.20. The first-order chi connectivity index (χ1) is 19.1. The van der Waals surface area contributed by atoms with Crippen LogP contribution in [0.5, 0.6) is 0 Å². The zero-order valence-corrected chi connectivity index (χ0v) is 25.5. The van der Waals surface area contributed by atoms with E-state index >= 15 is 0 Å². The SMILES string of the molecule is CCCCCCCCCCCCCC(CCCCCCCCCCCCC)OC(=O)c1ccccc1C(=O)O. The molecule has 0 bridgehead atoms. The van der Waals surface area contributed by atoms with E-state index in [1.807, 2.05) is 0 Å². The number of unbranched alkanes of at least 4 members (excludes halogenated alkanes) is 20. The van der Waals surface area contributed by atoms with Crippen LogP contribution in [0.1, 0.15) is 189 Å². The molecule has 0 unspecified atom stereocenters. The number of carboxylic acid groups (broad SMARTS) is 1. The van der Waals surface area contributed by atoms with Gasteiger partial charge in [0.25, 0.3) is 0 Å². The number of carbonyl (C=O) groups is 2. The maximum Gasteiger partial charge on any atom is 0.339 e. The minimum Gasteiger partial charge on any atom is -0.478 e. The third kappa shape index (κ3) is 19.0. The molecule has 0 aliphatic heterocycles. The third-order valence-corrected chi connectivity index (χ3v) is 7.91. The maximum atomic E-state index is 12.9. The summed E-state index contributed by atoms with van der Waals surface area (Å²) in [4.78, 5) is 24.5. The summed E-state index contributed by atoms with van der Waals surface area (Å²) in [6, 6.07) is 6.38. The molecule has 0 saturated carbocycles. The Bertz CT molecular complexity index is 703. The predicted molar refractivity (Wildman–Crippen MR) is 165 cm³/mol. The lowest BCUT2D eigenvalue weighted by atomic mass is 10.0. The van der Waals surface area contributed by atoms with Gasteiger partial charge < -0.3 is 9.84 Å². The molecule has 0 atom stereocenters. The van der Waals surface area contributed by atoms with Gasteiger partial charge in [-0.3, -0.25) is 0 Å². The predicted octanol–water partition coefficient (Wildman–Crippen LogP) is 11.3. The van der Waals surface area contributed by atoms with Crippen molar-refractivity contribution in [1.29, 1.82) is 0 Å². The van der Waals surface area contributed by atoms with Crippen LogP contribution in [0.4, 0.5) is 0 Å². The zero-order chi connectivity index (χ0) is 28.4. The summed E-state index contributed by atoms with van der Waals surface area (Å²) in [7, 11) is 0. The van der Waals surface area contributed by atoms with Crippen molar-refractivity contribution >= 4 is 11.9 Å². The molecule has 1 aromatic carbocycles. The van der Waals surface area contributed by atoms with Crippen LogP contribution in [0.2, 0.25) is 0 Å². The Labute approximate surface area is 240 Å². The van der Waals surface area contributed by atoms with Crippen LogP contribution in [0, 0.1) is 0 Å². The minimum atomic E-state index is -1.09. The molecular weight excluding hydrogens is 484 g/mol. The Balaban J connectivity index is 2.36. The Hall–Kier alpha value is -1.84. The zero-order valence-electron chi connectivity index (χ0n) is 25.5. The van der Waals surface area contributed by atoms with E-state index in [1.54, 1.807) is 18.2 Å². The molecule has 0 heterocycles. The van der Waals surface area contributed by atoms with Crippen molar-refractivity contribution in [1.82, 2.24) is 0 Å². The van der Waals surface area contributed by atoms with Crippen LogP contribution in [-0.2, 0) is 4.74 Å². The number of hydrogen-bond acceptors (Lipinski definition) is 3. The van der Waals surface area contributed by atoms with Gasteiger partial charge in [-0.15, -0.1) is 0 Å². The lowest BCUT2D eigenvalue weighted by Gasteiger charge is -2.19. The van der Waals surface area contributed by atoms with E-state index in [2.05, 4.69) is 13.8 Å². The molecule has 0 saturated heterocycles. The number of esters is 1. The quantitative estimate of drug-likeness (QED) is 0.0883. The molecule has 0 spiro atoms. The van der Waals surface area contributed by atoms with E-state index in [0.717, 1.165) is 25.7 Å². The normalized spacial score (nSPS) is 11.3. The molecule has 4 nitrogen and oxygen atoms in total. The van der Waals surface area contributed by atoms with Gasteiger partial charge in [0.15, 0.2) is 0 Å². The summed E-state index contributed by atoms with van der Waals surface area (Å²) in [5.74, 6) is -1.58. The number of carbonyl (C=O) groups excluding carboxylic acids is 1. The highest BCUT2D eigenvalue weighted by Gasteiger charge is 2.21. The van der Waals surface area contributed by atoms with Crippen LogP contribution in [0.25, 0.3) is 0 Å². The summed E-state index contributed by atoms with van der Waals surface area (Å²) in [5, 5.41) is 9.47. The molecule has 0 fully saturated rings. The molecule has 0 aliphatic carbocycles. The Kier molecular flexibility index (Phi) is 22.7. The Morgan fingerprint density at radius 1 is 0.564 bits per heavy atom. The van der Waals surface area contributed by atoms with Crippen LogP contribution in [-0.4, -0.2) is 23.1 Å². The van der Waals surface area contributed by atoms with Crippen molar-refractivity contribution in [3.8, 4) is 0 Å². The van der Waals surface area contributed by atoms with Gasteiger partial charge in [-0.25, -0.2) is 9.59 Å². The summed E-state index contributed by atoms with van der Waals surface area (Å²) >= 11 is 0. The molecule has 0 aromatic heterocycles. The summed E-state index contributed by atoms with van der Waals surface area (Å²) in [5.41, 5.74) is 0.179. The van der Waals surface area contributed by atoms with Gasteiger partial charge in [-0.2, -0.15) is 0 Å². The first-order valence-corrected chi connectivity index (χ1v) is 16.6. The van der Waals surface area contributed by atoms with Gasteiger partial charge in [-0.05, 0) is 37.8 Å². The monoisotopic (exact) mass is 544 g/mol. The number of ether oxygens (including phenoxy) is 1. The molecule has 4 heteroatoms. The van der Waals surface area contributed by atoms with E-state index in [0.29, 0.717) is 0 Å². The van der Waals surface area contributed by atoms with Crippen molar-refractivity contribution in [2.75, 3.05) is 0 Å². The second kappa shape index (κ2) is 25.1. The van der Waals surface area contributed by atoms with E-state index in [4.69, 9.17) is 4.74 Å². The molecule has 1 N–H and O–H groups in total. The van der Waals surface area contributed by atoms with Crippen molar-refractivity contribution in [3.63, 3.8) is 0 Å². The van der Waals surface area contributed by atoms with Gasteiger partial charge in [0.05, 0.1) is 11.1 Å². The molecular formula is C35H60O4.